The Bertz CT molecular complexity index is 361. The number of nitrogens with zero attached hydrogens (tertiary/aromatic N) is 1. The van der Waals surface area contributed by atoms with Gasteiger partial charge in [0.1, 0.15) is 0 Å². The monoisotopic (exact) mass is 262 g/mol. The summed E-state index contributed by atoms with van der Waals surface area (Å²) in [7, 11) is -3.21. The van der Waals surface area contributed by atoms with Crippen LogP contribution in [0.25, 0.3) is 0 Å². The summed E-state index contributed by atoms with van der Waals surface area (Å²) >= 11 is 0. The molecule has 1 unspecified atom stereocenters. The van der Waals surface area contributed by atoms with Crippen molar-refractivity contribution in [2.75, 3.05) is 32.0 Å². The number of ether oxygens (including phenoxy) is 1. The third kappa shape index (κ3) is 2.99. The lowest BCUT2D eigenvalue weighted by atomic mass is 10.0. The molecule has 2 fully saturated rings. The van der Waals surface area contributed by atoms with E-state index in [1.165, 1.54) is 0 Å². The molecular weight excluding hydrogens is 240 g/mol. The molecule has 5 nitrogen and oxygen atoms in total. The Kier molecular flexibility index (Phi) is 3.77. The van der Waals surface area contributed by atoms with Crippen molar-refractivity contribution in [1.29, 1.82) is 0 Å². The first-order valence-corrected chi connectivity index (χ1v) is 7.86. The van der Waals surface area contributed by atoms with E-state index in [2.05, 4.69) is 5.32 Å². The maximum atomic E-state index is 12.4. The van der Waals surface area contributed by atoms with Gasteiger partial charge in [-0.2, -0.15) is 4.31 Å². The number of piperazine rings is 1. The van der Waals surface area contributed by atoms with E-state index >= 15 is 0 Å². The second-order valence-corrected chi connectivity index (χ2v) is 7.41. The van der Waals surface area contributed by atoms with E-state index in [4.69, 9.17) is 4.74 Å². The van der Waals surface area contributed by atoms with Crippen molar-refractivity contribution in [1.82, 2.24) is 9.62 Å². The fourth-order valence-corrected chi connectivity index (χ4v) is 4.68. The first-order chi connectivity index (χ1) is 7.92. The van der Waals surface area contributed by atoms with Crippen molar-refractivity contribution in [3.8, 4) is 0 Å². The Morgan fingerprint density at radius 3 is 2.82 bits per heavy atom. The number of rotatable bonds is 3. The van der Waals surface area contributed by atoms with Crippen LogP contribution in [0.15, 0.2) is 0 Å². The van der Waals surface area contributed by atoms with Gasteiger partial charge in [-0.15, -0.1) is 0 Å². The molecule has 0 aliphatic carbocycles. The first-order valence-electron chi connectivity index (χ1n) is 6.25. The molecule has 1 atom stereocenters. The second kappa shape index (κ2) is 4.84. The van der Waals surface area contributed by atoms with E-state index < -0.39 is 10.0 Å². The molecule has 0 saturated carbocycles. The SMILES string of the molecule is CC1(C)CNCCN1S(=O)(=O)CC1CCCO1. The van der Waals surface area contributed by atoms with Crippen molar-refractivity contribution >= 4 is 10.0 Å². The highest BCUT2D eigenvalue weighted by atomic mass is 32.2. The third-order valence-corrected chi connectivity index (χ3v) is 5.62. The van der Waals surface area contributed by atoms with Gasteiger partial charge in [0.15, 0.2) is 0 Å². The normalized spacial score (nSPS) is 30.6. The van der Waals surface area contributed by atoms with E-state index in [0.29, 0.717) is 19.7 Å². The summed E-state index contributed by atoms with van der Waals surface area (Å²) in [5.41, 5.74) is -0.338. The highest BCUT2D eigenvalue weighted by molar-refractivity contribution is 7.89. The molecule has 2 rings (SSSR count). The van der Waals surface area contributed by atoms with Gasteiger partial charge < -0.3 is 10.1 Å². The van der Waals surface area contributed by atoms with E-state index in [-0.39, 0.29) is 17.4 Å². The standard InChI is InChI=1S/C11H22N2O3S/c1-11(2)9-12-5-6-13(11)17(14,15)8-10-4-3-7-16-10/h10,12H,3-9H2,1-2H3. The molecule has 2 aliphatic heterocycles. The van der Waals surface area contributed by atoms with E-state index in [9.17, 15) is 8.42 Å². The van der Waals surface area contributed by atoms with Crippen LogP contribution < -0.4 is 5.32 Å². The highest BCUT2D eigenvalue weighted by Crippen LogP contribution is 2.23. The lowest BCUT2D eigenvalue weighted by Crippen LogP contribution is -2.60. The Hall–Kier alpha value is -0.170. The lowest BCUT2D eigenvalue weighted by Gasteiger charge is -2.41. The van der Waals surface area contributed by atoms with Gasteiger partial charge in [-0.1, -0.05) is 0 Å². The summed E-state index contributed by atoms with van der Waals surface area (Å²) in [5, 5.41) is 3.23. The molecule has 100 valence electrons. The smallest absolute Gasteiger partial charge is 0.217 e. The van der Waals surface area contributed by atoms with Crippen molar-refractivity contribution in [2.45, 2.75) is 38.3 Å². The maximum Gasteiger partial charge on any atom is 0.217 e. The van der Waals surface area contributed by atoms with Gasteiger partial charge >= 0.3 is 0 Å². The molecule has 2 aliphatic rings. The maximum absolute atomic E-state index is 12.4. The van der Waals surface area contributed by atoms with Crippen LogP contribution in [-0.2, 0) is 14.8 Å². The van der Waals surface area contributed by atoms with Crippen molar-refractivity contribution < 1.29 is 13.2 Å². The molecule has 0 bridgehead atoms. The Balaban J connectivity index is 2.07. The van der Waals surface area contributed by atoms with E-state index in [1.807, 2.05) is 13.8 Å². The predicted octanol–water partition coefficient (Wildman–Crippen LogP) is 0.179. The lowest BCUT2D eigenvalue weighted by molar-refractivity contribution is 0.123. The summed E-state index contributed by atoms with van der Waals surface area (Å²) in [6.45, 7) is 6.62. The Morgan fingerprint density at radius 2 is 2.24 bits per heavy atom. The number of hydrogen-bond acceptors (Lipinski definition) is 4. The van der Waals surface area contributed by atoms with Crippen LogP contribution in [0, 0.1) is 0 Å². The van der Waals surface area contributed by atoms with E-state index in [0.717, 1.165) is 19.4 Å². The molecule has 6 heteroatoms. The number of nitrogens with one attached hydrogen (secondary N) is 1. The zero-order valence-corrected chi connectivity index (χ0v) is 11.4. The quantitative estimate of drug-likeness (QED) is 0.788. The number of sulfonamides is 1. The van der Waals surface area contributed by atoms with Gasteiger partial charge in [-0.05, 0) is 26.7 Å². The minimum absolute atomic E-state index is 0.106. The van der Waals surface area contributed by atoms with Crippen LogP contribution in [0.2, 0.25) is 0 Å². The van der Waals surface area contributed by atoms with Crippen molar-refractivity contribution in [3.63, 3.8) is 0 Å². The fraction of sp³-hybridized carbons (Fsp3) is 1.00. The van der Waals surface area contributed by atoms with Crippen molar-refractivity contribution in [2.24, 2.45) is 0 Å². The molecule has 17 heavy (non-hydrogen) atoms. The van der Waals surface area contributed by atoms with Crippen LogP contribution >= 0.6 is 0 Å². The molecule has 0 aromatic rings. The van der Waals surface area contributed by atoms with Gasteiger partial charge in [0.25, 0.3) is 0 Å². The number of hydrogen-bond donors (Lipinski definition) is 1. The molecule has 0 radical (unpaired) electrons. The minimum atomic E-state index is -3.21. The zero-order valence-electron chi connectivity index (χ0n) is 10.6. The predicted molar refractivity (Wildman–Crippen MR) is 66.4 cm³/mol. The molecule has 0 aromatic carbocycles. The zero-order chi connectivity index (χ0) is 12.5. The van der Waals surface area contributed by atoms with Gasteiger partial charge in [0.2, 0.25) is 10.0 Å². The summed E-state index contributed by atoms with van der Waals surface area (Å²) in [4.78, 5) is 0. The average Bonchev–Trinajstić information content (AvgIpc) is 2.68. The summed E-state index contributed by atoms with van der Waals surface area (Å²) in [6.07, 6.45) is 1.74. The van der Waals surface area contributed by atoms with Gasteiger partial charge in [-0.3, -0.25) is 0 Å². The van der Waals surface area contributed by atoms with Crippen LogP contribution in [0.4, 0.5) is 0 Å². The molecule has 0 aromatic heterocycles. The van der Waals surface area contributed by atoms with Gasteiger partial charge in [0, 0.05) is 31.8 Å². The molecule has 1 N–H and O–H groups in total. The Morgan fingerprint density at radius 1 is 1.47 bits per heavy atom. The van der Waals surface area contributed by atoms with Crippen LogP contribution in [-0.4, -0.2) is 56.4 Å². The van der Waals surface area contributed by atoms with Gasteiger partial charge in [-0.25, -0.2) is 8.42 Å². The van der Waals surface area contributed by atoms with Crippen LogP contribution in [0.5, 0.6) is 0 Å². The first kappa shape index (κ1) is 13.3. The molecular formula is C11H22N2O3S. The molecule has 0 amide bonds. The van der Waals surface area contributed by atoms with E-state index in [1.54, 1.807) is 4.31 Å². The third-order valence-electron chi connectivity index (χ3n) is 3.48. The topological polar surface area (TPSA) is 58.6 Å². The molecule has 0 spiro atoms. The highest BCUT2D eigenvalue weighted by Gasteiger charge is 2.39. The van der Waals surface area contributed by atoms with Gasteiger partial charge in [0.05, 0.1) is 11.9 Å². The fourth-order valence-electron chi connectivity index (χ4n) is 2.58. The Labute approximate surface area is 104 Å². The van der Waals surface area contributed by atoms with Crippen LogP contribution in [0.3, 0.4) is 0 Å². The summed E-state index contributed by atoms with van der Waals surface area (Å²) in [6, 6.07) is 0. The average molecular weight is 262 g/mol. The summed E-state index contributed by atoms with van der Waals surface area (Å²) < 4.78 is 31.8. The largest absolute Gasteiger partial charge is 0.377 e. The van der Waals surface area contributed by atoms with Crippen molar-refractivity contribution in [3.05, 3.63) is 0 Å². The molecule has 2 heterocycles. The second-order valence-electron chi connectivity index (χ2n) is 5.47. The molecule has 2 saturated heterocycles. The van der Waals surface area contributed by atoms with Crippen LogP contribution in [0.1, 0.15) is 26.7 Å². The minimum Gasteiger partial charge on any atom is -0.377 e. The summed E-state index contributed by atoms with van der Waals surface area (Å²) in [5.74, 6) is 0.135.